The minimum Gasteiger partial charge on any atom is -0.497 e. The fourth-order valence-corrected chi connectivity index (χ4v) is 7.71. The van der Waals surface area contributed by atoms with Gasteiger partial charge in [0.15, 0.2) is 15.0 Å². The van der Waals surface area contributed by atoms with Crippen molar-refractivity contribution in [2.75, 3.05) is 23.5 Å². The number of fused-ring (bicyclic) bond motifs is 1. The molecule has 152 valence electrons. The molecule has 2 fully saturated rings. The van der Waals surface area contributed by atoms with Crippen LogP contribution in [-0.4, -0.2) is 49.4 Å². The van der Waals surface area contributed by atoms with Crippen LogP contribution >= 0.6 is 23.4 Å². The quantitative estimate of drug-likeness (QED) is 0.712. The van der Waals surface area contributed by atoms with Crippen molar-refractivity contribution in [3.8, 4) is 5.75 Å². The number of methoxy groups -OCH3 is 1. The van der Waals surface area contributed by atoms with E-state index in [2.05, 4.69) is 4.99 Å². The number of aliphatic imine (C=N–C) groups is 1. The second-order valence-electron chi connectivity index (χ2n) is 6.93. The van der Waals surface area contributed by atoms with E-state index in [9.17, 15) is 13.2 Å². The molecule has 4 rings (SSSR count). The molecule has 0 bridgehead atoms. The average Bonchev–Trinajstić information content (AvgIpc) is 3.14. The number of thioether (sulfide) groups is 1. The number of halogens is 1. The maximum Gasteiger partial charge on any atom is 0.252 e. The number of carbonyl (C=O) groups excluding carboxylic acids is 1. The molecule has 0 saturated carbocycles. The summed E-state index contributed by atoms with van der Waals surface area (Å²) in [7, 11) is -1.55. The first-order valence-corrected chi connectivity index (χ1v) is 12.1. The van der Waals surface area contributed by atoms with Gasteiger partial charge in [0, 0.05) is 22.0 Å². The van der Waals surface area contributed by atoms with Gasteiger partial charge < -0.3 is 9.64 Å². The third kappa shape index (κ3) is 4.29. The molecule has 2 aromatic carbocycles. The number of sulfone groups is 1. The van der Waals surface area contributed by atoms with E-state index in [1.165, 1.54) is 11.8 Å². The Kier molecular flexibility index (Phi) is 5.59. The number of carbonyl (C=O) groups is 1. The number of hydrogen-bond acceptors (Lipinski definition) is 5. The summed E-state index contributed by atoms with van der Waals surface area (Å²) in [5.41, 5.74) is 1.47. The van der Waals surface area contributed by atoms with Crippen LogP contribution in [0.5, 0.6) is 5.75 Å². The number of rotatable bonds is 4. The lowest BCUT2D eigenvalue weighted by atomic mass is 10.1. The molecule has 2 unspecified atom stereocenters. The monoisotopic (exact) mass is 450 g/mol. The summed E-state index contributed by atoms with van der Waals surface area (Å²) in [6, 6.07) is 14.2. The van der Waals surface area contributed by atoms with Gasteiger partial charge in [-0.3, -0.25) is 4.79 Å². The van der Waals surface area contributed by atoms with Gasteiger partial charge in [0.1, 0.15) is 5.75 Å². The Morgan fingerprint density at radius 1 is 1.24 bits per heavy atom. The van der Waals surface area contributed by atoms with Crippen LogP contribution in [-0.2, 0) is 21.1 Å². The summed E-state index contributed by atoms with van der Waals surface area (Å²) < 4.78 is 29.6. The third-order valence-corrected chi connectivity index (χ3v) is 8.50. The van der Waals surface area contributed by atoms with Crippen molar-refractivity contribution in [2.24, 2.45) is 4.99 Å². The predicted molar refractivity (Wildman–Crippen MR) is 117 cm³/mol. The Hall–Kier alpha value is -2.03. The van der Waals surface area contributed by atoms with E-state index < -0.39 is 9.84 Å². The number of nitrogens with zero attached hydrogens (tertiary/aromatic N) is 2. The van der Waals surface area contributed by atoms with E-state index in [-0.39, 0.29) is 35.1 Å². The van der Waals surface area contributed by atoms with Crippen LogP contribution in [0.1, 0.15) is 5.56 Å². The minimum atomic E-state index is -3.12. The van der Waals surface area contributed by atoms with Gasteiger partial charge in [-0.25, -0.2) is 8.42 Å². The molecule has 2 saturated heterocycles. The number of amidine groups is 1. The Labute approximate surface area is 178 Å². The molecule has 2 aromatic rings. The second kappa shape index (κ2) is 8.01. The second-order valence-corrected chi connectivity index (χ2v) is 10.7. The van der Waals surface area contributed by atoms with Gasteiger partial charge in [0.2, 0.25) is 0 Å². The number of ether oxygens (including phenoxy) is 1. The van der Waals surface area contributed by atoms with Crippen LogP contribution in [0.4, 0.5) is 5.69 Å². The van der Waals surface area contributed by atoms with Gasteiger partial charge >= 0.3 is 0 Å². The van der Waals surface area contributed by atoms with Crippen molar-refractivity contribution in [3.05, 3.63) is 59.1 Å². The number of hydrogen-bond donors (Lipinski definition) is 0. The molecule has 0 aliphatic carbocycles. The Balaban J connectivity index is 1.66. The first-order chi connectivity index (χ1) is 13.9. The Morgan fingerprint density at radius 3 is 2.79 bits per heavy atom. The number of benzene rings is 2. The molecule has 2 heterocycles. The molecular formula is C20H19ClN2O4S2. The summed E-state index contributed by atoms with van der Waals surface area (Å²) in [5.74, 6) is 0.454. The SMILES string of the molecule is COc1cccc(N2C(=NC(=O)Cc3ccccc3Cl)SC3CS(=O)(=O)CC32)c1. The molecule has 9 heteroatoms. The molecule has 2 atom stereocenters. The highest BCUT2D eigenvalue weighted by molar-refractivity contribution is 8.16. The lowest BCUT2D eigenvalue weighted by Gasteiger charge is -2.24. The van der Waals surface area contributed by atoms with Gasteiger partial charge in [-0.05, 0) is 23.8 Å². The summed E-state index contributed by atoms with van der Waals surface area (Å²) in [5, 5.41) is 0.881. The molecule has 2 aliphatic rings. The van der Waals surface area contributed by atoms with E-state index in [4.69, 9.17) is 16.3 Å². The van der Waals surface area contributed by atoms with Crippen LogP contribution in [0.25, 0.3) is 0 Å². The van der Waals surface area contributed by atoms with E-state index in [1.807, 2.05) is 35.2 Å². The van der Waals surface area contributed by atoms with Gasteiger partial charge in [0.25, 0.3) is 5.91 Å². The highest BCUT2D eigenvalue weighted by Gasteiger charge is 2.49. The van der Waals surface area contributed by atoms with Crippen LogP contribution in [0.2, 0.25) is 5.02 Å². The lowest BCUT2D eigenvalue weighted by molar-refractivity contribution is -0.117. The van der Waals surface area contributed by atoms with Gasteiger partial charge in [-0.1, -0.05) is 47.6 Å². The zero-order chi connectivity index (χ0) is 20.6. The summed E-state index contributed by atoms with van der Waals surface area (Å²) in [6.45, 7) is 0. The van der Waals surface area contributed by atoms with Crippen molar-refractivity contribution < 1.29 is 17.9 Å². The van der Waals surface area contributed by atoms with Crippen molar-refractivity contribution in [2.45, 2.75) is 17.7 Å². The first kappa shape index (κ1) is 20.3. The Bertz CT molecular complexity index is 1090. The topological polar surface area (TPSA) is 76.0 Å². The molecule has 0 N–H and O–H groups in total. The standard InChI is InChI=1S/C20H19ClN2O4S2/c1-27-15-7-4-6-14(10-15)23-17-11-29(25,26)12-18(17)28-20(23)22-19(24)9-13-5-2-3-8-16(13)21/h2-8,10,17-18H,9,11-12H2,1H3. The van der Waals surface area contributed by atoms with E-state index >= 15 is 0 Å². The summed E-state index contributed by atoms with van der Waals surface area (Å²) in [4.78, 5) is 18.8. The molecule has 1 amide bonds. The lowest BCUT2D eigenvalue weighted by Crippen LogP contribution is -2.37. The van der Waals surface area contributed by atoms with E-state index in [0.717, 1.165) is 5.69 Å². The predicted octanol–water partition coefficient (Wildman–Crippen LogP) is 3.19. The molecular weight excluding hydrogens is 432 g/mol. The molecule has 2 aliphatic heterocycles. The molecule has 29 heavy (non-hydrogen) atoms. The van der Waals surface area contributed by atoms with E-state index in [1.54, 1.807) is 25.3 Å². The zero-order valence-electron chi connectivity index (χ0n) is 15.6. The number of anilines is 1. The first-order valence-electron chi connectivity index (χ1n) is 9.01. The van der Waals surface area contributed by atoms with Crippen LogP contribution in [0, 0.1) is 0 Å². The molecule has 0 radical (unpaired) electrons. The van der Waals surface area contributed by atoms with Crippen molar-refractivity contribution in [1.82, 2.24) is 0 Å². The van der Waals surface area contributed by atoms with Gasteiger partial charge in [-0.2, -0.15) is 4.99 Å². The van der Waals surface area contributed by atoms with Crippen LogP contribution in [0.3, 0.4) is 0 Å². The van der Waals surface area contributed by atoms with E-state index in [0.29, 0.717) is 21.5 Å². The maximum absolute atomic E-state index is 12.6. The maximum atomic E-state index is 12.6. The summed E-state index contributed by atoms with van der Waals surface area (Å²) in [6.07, 6.45) is 0.0866. The van der Waals surface area contributed by atoms with Crippen molar-refractivity contribution in [3.63, 3.8) is 0 Å². The molecule has 0 spiro atoms. The molecule has 0 aromatic heterocycles. The van der Waals surface area contributed by atoms with Crippen LogP contribution < -0.4 is 9.64 Å². The van der Waals surface area contributed by atoms with Gasteiger partial charge in [0.05, 0.1) is 31.1 Å². The highest BCUT2D eigenvalue weighted by atomic mass is 35.5. The van der Waals surface area contributed by atoms with Gasteiger partial charge in [-0.15, -0.1) is 0 Å². The zero-order valence-corrected chi connectivity index (χ0v) is 18.0. The number of amides is 1. The van der Waals surface area contributed by atoms with Crippen LogP contribution in [0.15, 0.2) is 53.5 Å². The fourth-order valence-electron chi connectivity index (χ4n) is 3.58. The minimum absolute atomic E-state index is 0.0413. The summed E-state index contributed by atoms with van der Waals surface area (Å²) >= 11 is 7.50. The van der Waals surface area contributed by atoms with Crippen molar-refractivity contribution in [1.29, 1.82) is 0 Å². The highest BCUT2D eigenvalue weighted by Crippen LogP contribution is 2.41. The third-order valence-electron chi connectivity index (χ3n) is 4.92. The van der Waals surface area contributed by atoms with Crippen molar-refractivity contribution >= 4 is 50.0 Å². The normalized spacial score (nSPS) is 23.9. The fraction of sp³-hybridized carbons (Fsp3) is 0.300. The Morgan fingerprint density at radius 2 is 2.03 bits per heavy atom. The average molecular weight is 451 g/mol. The molecule has 6 nitrogen and oxygen atoms in total. The largest absolute Gasteiger partial charge is 0.497 e. The smallest absolute Gasteiger partial charge is 0.252 e.